The van der Waals surface area contributed by atoms with Crippen LogP contribution in [0.25, 0.3) is 0 Å². The van der Waals surface area contributed by atoms with Crippen molar-refractivity contribution in [3.63, 3.8) is 0 Å². The molecule has 0 spiro atoms. The molecule has 0 aromatic heterocycles. The van der Waals surface area contributed by atoms with E-state index in [2.05, 4.69) is 17.4 Å². The van der Waals surface area contributed by atoms with Crippen LogP contribution in [-0.4, -0.2) is 24.7 Å². The predicted octanol–water partition coefficient (Wildman–Crippen LogP) is 0.369. The maximum absolute atomic E-state index is 10.3. The summed E-state index contributed by atoms with van der Waals surface area (Å²) in [7, 11) is 0. The normalized spacial score (nSPS) is 25.7. The van der Waals surface area contributed by atoms with Gasteiger partial charge in [-0.15, -0.1) is 0 Å². The van der Waals surface area contributed by atoms with Gasteiger partial charge >= 0.3 is 0 Å². The number of nitrogens with two attached hydrogens (primary N) is 1. The Labute approximate surface area is 90.3 Å². The number of β-amino-alcohol motifs (C(OH)–C–C–N with tert-alkyl or cyclic N) is 1. The highest BCUT2D eigenvalue weighted by Crippen LogP contribution is 2.27. The van der Waals surface area contributed by atoms with Crippen molar-refractivity contribution in [2.24, 2.45) is 5.73 Å². The Kier molecular flexibility index (Phi) is 3.05. The van der Waals surface area contributed by atoms with Crippen molar-refractivity contribution in [2.75, 3.05) is 19.6 Å². The molecule has 0 saturated carbocycles. The van der Waals surface area contributed by atoms with E-state index in [0.29, 0.717) is 13.1 Å². The lowest BCUT2D eigenvalue weighted by atomic mass is 9.92. The van der Waals surface area contributed by atoms with E-state index in [-0.39, 0.29) is 0 Å². The third kappa shape index (κ3) is 2.20. The molecule has 1 fully saturated rings. The number of nitrogens with one attached hydrogen (secondary N) is 1. The van der Waals surface area contributed by atoms with Gasteiger partial charge in [-0.3, -0.25) is 0 Å². The average Bonchev–Trinajstić information content (AvgIpc) is 2.68. The molecule has 82 valence electrons. The summed E-state index contributed by atoms with van der Waals surface area (Å²) in [5, 5.41) is 13.5. The molecule has 3 nitrogen and oxygen atoms in total. The summed E-state index contributed by atoms with van der Waals surface area (Å²) in [4.78, 5) is 0. The summed E-state index contributed by atoms with van der Waals surface area (Å²) >= 11 is 0. The van der Waals surface area contributed by atoms with Crippen molar-refractivity contribution in [3.05, 3.63) is 35.4 Å². The first-order chi connectivity index (χ1) is 7.24. The highest BCUT2D eigenvalue weighted by molar-refractivity contribution is 5.28. The Balaban J connectivity index is 2.15. The highest BCUT2D eigenvalue weighted by Gasteiger charge is 2.32. The van der Waals surface area contributed by atoms with Crippen LogP contribution in [0.3, 0.4) is 0 Å². The maximum Gasteiger partial charge on any atom is 0.103 e. The lowest BCUT2D eigenvalue weighted by Gasteiger charge is -2.21. The fraction of sp³-hybridized carbons (Fsp3) is 0.500. The fourth-order valence-corrected chi connectivity index (χ4v) is 2.07. The van der Waals surface area contributed by atoms with E-state index < -0.39 is 5.60 Å². The zero-order chi connectivity index (χ0) is 10.7. The molecule has 15 heavy (non-hydrogen) atoms. The van der Waals surface area contributed by atoms with Crippen molar-refractivity contribution in [1.82, 2.24) is 5.32 Å². The van der Waals surface area contributed by atoms with Crippen LogP contribution >= 0.6 is 0 Å². The van der Waals surface area contributed by atoms with Gasteiger partial charge in [0, 0.05) is 6.54 Å². The molecule has 2 rings (SSSR count). The van der Waals surface area contributed by atoms with E-state index in [0.717, 1.165) is 24.9 Å². The second kappa shape index (κ2) is 4.31. The van der Waals surface area contributed by atoms with Crippen molar-refractivity contribution in [3.8, 4) is 0 Å². The molecule has 0 amide bonds. The minimum absolute atomic E-state index is 0.656. The molecule has 0 bridgehead atoms. The Morgan fingerprint density at radius 2 is 2.07 bits per heavy atom. The van der Waals surface area contributed by atoms with Gasteiger partial charge in [-0.05, 0) is 37.1 Å². The molecular weight excluding hydrogens is 188 g/mol. The Morgan fingerprint density at radius 3 is 2.60 bits per heavy atom. The van der Waals surface area contributed by atoms with Gasteiger partial charge in [0.2, 0.25) is 0 Å². The van der Waals surface area contributed by atoms with Crippen LogP contribution in [0.1, 0.15) is 17.5 Å². The molecule has 4 N–H and O–H groups in total. The Morgan fingerprint density at radius 1 is 1.33 bits per heavy atom. The Hall–Kier alpha value is -0.900. The summed E-state index contributed by atoms with van der Waals surface area (Å²) in [6.45, 7) is 2.22. The van der Waals surface area contributed by atoms with Gasteiger partial charge in [0.25, 0.3) is 0 Å². The molecular formula is C12H18N2O. The summed E-state index contributed by atoms with van der Waals surface area (Å²) < 4.78 is 0. The monoisotopic (exact) mass is 206 g/mol. The first kappa shape index (κ1) is 10.6. The van der Waals surface area contributed by atoms with Gasteiger partial charge in [0.1, 0.15) is 5.60 Å². The predicted molar refractivity (Wildman–Crippen MR) is 60.6 cm³/mol. The summed E-state index contributed by atoms with van der Waals surface area (Å²) in [5.74, 6) is 0. The highest BCUT2D eigenvalue weighted by atomic mass is 16.3. The second-order valence-electron chi connectivity index (χ2n) is 4.19. The number of rotatable bonds is 3. The molecule has 1 aromatic carbocycles. The standard InChI is InChI=1S/C12H18N2O/c13-7-5-10-1-3-11(4-2-10)12(15)6-8-14-9-12/h1-4,14-15H,5-9,13H2. The van der Waals surface area contributed by atoms with Crippen LogP contribution in [0.4, 0.5) is 0 Å². The first-order valence-electron chi connectivity index (χ1n) is 5.47. The van der Waals surface area contributed by atoms with Crippen LogP contribution in [0, 0.1) is 0 Å². The van der Waals surface area contributed by atoms with E-state index in [1.54, 1.807) is 0 Å². The summed E-state index contributed by atoms with van der Waals surface area (Å²) in [5.41, 5.74) is 7.06. The minimum atomic E-state index is -0.665. The topological polar surface area (TPSA) is 58.3 Å². The van der Waals surface area contributed by atoms with Crippen LogP contribution in [0.2, 0.25) is 0 Å². The Bertz CT molecular complexity index is 315. The maximum atomic E-state index is 10.3. The molecule has 1 aliphatic heterocycles. The third-order valence-corrected chi connectivity index (χ3v) is 3.06. The minimum Gasteiger partial charge on any atom is -0.384 e. The third-order valence-electron chi connectivity index (χ3n) is 3.06. The fourth-order valence-electron chi connectivity index (χ4n) is 2.07. The number of hydrogen-bond acceptors (Lipinski definition) is 3. The largest absolute Gasteiger partial charge is 0.384 e. The van der Waals surface area contributed by atoms with E-state index in [4.69, 9.17) is 5.73 Å². The second-order valence-corrected chi connectivity index (χ2v) is 4.19. The SMILES string of the molecule is NCCc1ccc(C2(O)CCNC2)cc1. The van der Waals surface area contributed by atoms with Crippen molar-refractivity contribution in [1.29, 1.82) is 0 Å². The van der Waals surface area contributed by atoms with E-state index in [1.807, 2.05) is 12.1 Å². The molecule has 3 heteroatoms. The molecule has 1 unspecified atom stereocenters. The van der Waals surface area contributed by atoms with E-state index >= 15 is 0 Å². The lowest BCUT2D eigenvalue weighted by molar-refractivity contribution is 0.0587. The van der Waals surface area contributed by atoms with E-state index in [1.165, 1.54) is 5.56 Å². The van der Waals surface area contributed by atoms with Gasteiger partial charge in [-0.1, -0.05) is 24.3 Å². The molecule has 1 aliphatic rings. The quantitative estimate of drug-likeness (QED) is 0.669. The van der Waals surface area contributed by atoms with Crippen LogP contribution in [0.5, 0.6) is 0 Å². The zero-order valence-electron chi connectivity index (χ0n) is 8.87. The number of aliphatic hydroxyl groups is 1. The number of hydrogen-bond donors (Lipinski definition) is 3. The van der Waals surface area contributed by atoms with Crippen LogP contribution in [0.15, 0.2) is 24.3 Å². The van der Waals surface area contributed by atoms with E-state index in [9.17, 15) is 5.11 Å². The molecule has 1 aromatic rings. The van der Waals surface area contributed by atoms with Crippen LogP contribution < -0.4 is 11.1 Å². The molecule has 0 aliphatic carbocycles. The van der Waals surface area contributed by atoms with Gasteiger partial charge in [-0.25, -0.2) is 0 Å². The summed E-state index contributed by atoms with van der Waals surface area (Å²) in [6.07, 6.45) is 1.69. The summed E-state index contributed by atoms with van der Waals surface area (Å²) in [6, 6.07) is 8.13. The van der Waals surface area contributed by atoms with Gasteiger partial charge in [-0.2, -0.15) is 0 Å². The van der Waals surface area contributed by atoms with Crippen molar-refractivity contribution >= 4 is 0 Å². The zero-order valence-corrected chi connectivity index (χ0v) is 8.87. The van der Waals surface area contributed by atoms with Crippen molar-refractivity contribution in [2.45, 2.75) is 18.4 Å². The first-order valence-corrected chi connectivity index (χ1v) is 5.47. The van der Waals surface area contributed by atoms with Gasteiger partial charge in [0.15, 0.2) is 0 Å². The number of benzene rings is 1. The van der Waals surface area contributed by atoms with Crippen molar-refractivity contribution < 1.29 is 5.11 Å². The molecule has 0 radical (unpaired) electrons. The molecule has 1 atom stereocenters. The van der Waals surface area contributed by atoms with Crippen LogP contribution in [-0.2, 0) is 12.0 Å². The van der Waals surface area contributed by atoms with Gasteiger partial charge < -0.3 is 16.2 Å². The molecule has 1 saturated heterocycles. The van der Waals surface area contributed by atoms with Gasteiger partial charge in [0.05, 0.1) is 0 Å². The lowest BCUT2D eigenvalue weighted by Crippen LogP contribution is -2.28. The molecule has 1 heterocycles. The average molecular weight is 206 g/mol. The smallest absolute Gasteiger partial charge is 0.103 e.